The van der Waals surface area contributed by atoms with Crippen LogP contribution in [0.5, 0.6) is 17.2 Å². The number of nitrogens with zero attached hydrogens (tertiary/aromatic N) is 1. The van der Waals surface area contributed by atoms with Crippen molar-refractivity contribution in [3.8, 4) is 17.2 Å². The van der Waals surface area contributed by atoms with Gasteiger partial charge in [0, 0.05) is 37.8 Å². The third-order valence-electron chi connectivity index (χ3n) is 4.38. The molecule has 1 aromatic carbocycles. The molecule has 1 aliphatic rings. The smallest absolute Gasteiger partial charge is 0.203 e. The minimum absolute atomic E-state index is 0.326. The first kappa shape index (κ1) is 17.9. The summed E-state index contributed by atoms with van der Waals surface area (Å²) in [5.41, 5.74) is 1.18. The molecule has 2 rings (SSSR count). The van der Waals surface area contributed by atoms with E-state index in [1.165, 1.54) is 5.56 Å². The van der Waals surface area contributed by atoms with Crippen molar-refractivity contribution >= 4 is 0 Å². The van der Waals surface area contributed by atoms with Gasteiger partial charge in [-0.15, -0.1) is 0 Å². The predicted octanol–water partition coefficient (Wildman–Crippen LogP) is 2.70. The Morgan fingerprint density at radius 3 is 2.17 bits per heavy atom. The molecule has 0 radical (unpaired) electrons. The van der Waals surface area contributed by atoms with Gasteiger partial charge in [0.2, 0.25) is 5.75 Å². The highest BCUT2D eigenvalue weighted by atomic mass is 16.5. The van der Waals surface area contributed by atoms with Gasteiger partial charge in [-0.25, -0.2) is 0 Å². The Hall–Kier alpha value is -1.46. The van der Waals surface area contributed by atoms with Crippen LogP contribution in [-0.2, 0) is 0 Å². The first-order valence-corrected chi connectivity index (χ1v) is 8.36. The van der Waals surface area contributed by atoms with Crippen molar-refractivity contribution in [2.24, 2.45) is 5.92 Å². The summed E-state index contributed by atoms with van der Waals surface area (Å²) < 4.78 is 16.7. The molecule has 1 N–H and O–H groups in total. The minimum Gasteiger partial charge on any atom is -0.493 e. The van der Waals surface area contributed by atoms with Crippen molar-refractivity contribution in [1.82, 2.24) is 10.2 Å². The summed E-state index contributed by atoms with van der Waals surface area (Å²) in [6, 6.07) is 4.42. The van der Waals surface area contributed by atoms with Crippen molar-refractivity contribution in [1.29, 1.82) is 0 Å². The van der Waals surface area contributed by atoms with Crippen LogP contribution in [-0.4, -0.2) is 52.4 Å². The topological polar surface area (TPSA) is 43.0 Å². The molecule has 0 spiro atoms. The standard InChI is InChI=1S/C18H30N2O3/c1-13(2)12-15(20-10-8-19-9-11-20)14-6-7-16(21-3)18(23-5)17(14)22-4/h6-7,13,15,19H,8-12H2,1-5H3/t15-/m0/s1. The maximum absolute atomic E-state index is 5.72. The zero-order chi connectivity index (χ0) is 16.8. The second kappa shape index (κ2) is 8.41. The highest BCUT2D eigenvalue weighted by molar-refractivity contribution is 5.56. The first-order chi connectivity index (χ1) is 11.1. The Morgan fingerprint density at radius 1 is 1.00 bits per heavy atom. The van der Waals surface area contributed by atoms with Gasteiger partial charge in [0.1, 0.15) is 0 Å². The third-order valence-corrected chi connectivity index (χ3v) is 4.38. The molecule has 0 aromatic heterocycles. The number of ether oxygens (including phenoxy) is 3. The lowest BCUT2D eigenvalue weighted by Gasteiger charge is -2.37. The summed E-state index contributed by atoms with van der Waals surface area (Å²) in [6.45, 7) is 8.70. The van der Waals surface area contributed by atoms with E-state index in [-0.39, 0.29) is 0 Å². The number of methoxy groups -OCH3 is 3. The van der Waals surface area contributed by atoms with Gasteiger partial charge in [-0.2, -0.15) is 0 Å². The van der Waals surface area contributed by atoms with Gasteiger partial charge in [-0.3, -0.25) is 4.90 Å². The van der Waals surface area contributed by atoms with Gasteiger partial charge in [0.05, 0.1) is 21.3 Å². The van der Waals surface area contributed by atoms with E-state index in [2.05, 4.69) is 30.1 Å². The SMILES string of the molecule is COc1ccc([C@H](CC(C)C)N2CCNCC2)c(OC)c1OC. The maximum Gasteiger partial charge on any atom is 0.203 e. The lowest BCUT2D eigenvalue weighted by atomic mass is 9.93. The molecular formula is C18H30N2O3. The fourth-order valence-electron chi connectivity index (χ4n) is 3.30. The van der Waals surface area contributed by atoms with Gasteiger partial charge in [-0.1, -0.05) is 13.8 Å². The highest BCUT2D eigenvalue weighted by Gasteiger charge is 2.28. The minimum atomic E-state index is 0.326. The van der Waals surface area contributed by atoms with Crippen LogP contribution in [0.4, 0.5) is 0 Å². The van der Waals surface area contributed by atoms with Crippen LogP contribution in [0.3, 0.4) is 0 Å². The number of nitrogens with one attached hydrogen (secondary N) is 1. The van der Waals surface area contributed by atoms with Crippen molar-refractivity contribution in [2.45, 2.75) is 26.3 Å². The molecule has 1 aromatic rings. The fraction of sp³-hybridized carbons (Fsp3) is 0.667. The van der Waals surface area contributed by atoms with Crippen LogP contribution in [0.2, 0.25) is 0 Å². The molecule has 0 saturated carbocycles. The molecule has 23 heavy (non-hydrogen) atoms. The Morgan fingerprint density at radius 2 is 1.65 bits per heavy atom. The summed E-state index contributed by atoms with van der Waals surface area (Å²) in [7, 11) is 5.01. The largest absolute Gasteiger partial charge is 0.493 e. The maximum atomic E-state index is 5.72. The molecule has 5 heteroatoms. The number of hydrogen-bond donors (Lipinski definition) is 1. The van der Waals surface area contributed by atoms with E-state index in [9.17, 15) is 0 Å². The molecule has 1 atom stereocenters. The Kier molecular flexibility index (Phi) is 6.54. The quantitative estimate of drug-likeness (QED) is 0.836. The number of hydrogen-bond acceptors (Lipinski definition) is 5. The second-order valence-corrected chi connectivity index (χ2v) is 6.35. The number of piperazine rings is 1. The van der Waals surface area contributed by atoms with Crippen LogP contribution in [0.15, 0.2) is 12.1 Å². The predicted molar refractivity (Wildman–Crippen MR) is 92.7 cm³/mol. The van der Waals surface area contributed by atoms with Gasteiger partial charge in [-0.05, 0) is 24.5 Å². The highest BCUT2D eigenvalue weighted by Crippen LogP contribution is 2.44. The Balaban J connectivity index is 2.44. The van der Waals surface area contributed by atoms with Crippen LogP contribution in [0.25, 0.3) is 0 Å². The lowest BCUT2D eigenvalue weighted by Crippen LogP contribution is -2.45. The zero-order valence-electron chi connectivity index (χ0n) is 15.0. The molecule has 0 aliphatic carbocycles. The first-order valence-electron chi connectivity index (χ1n) is 8.36. The van der Waals surface area contributed by atoms with E-state index < -0.39 is 0 Å². The summed E-state index contributed by atoms with van der Waals surface area (Å²) in [5, 5.41) is 3.43. The average Bonchev–Trinajstić information content (AvgIpc) is 2.58. The van der Waals surface area contributed by atoms with Crippen molar-refractivity contribution in [3.05, 3.63) is 17.7 Å². The van der Waals surface area contributed by atoms with Crippen molar-refractivity contribution in [2.75, 3.05) is 47.5 Å². The molecule has 0 unspecified atom stereocenters. The molecule has 0 amide bonds. The summed E-state index contributed by atoms with van der Waals surface area (Å²) in [4.78, 5) is 2.54. The summed E-state index contributed by atoms with van der Waals surface area (Å²) in [6.07, 6.45) is 1.09. The van der Waals surface area contributed by atoms with Crippen molar-refractivity contribution < 1.29 is 14.2 Å². The lowest BCUT2D eigenvalue weighted by molar-refractivity contribution is 0.150. The van der Waals surface area contributed by atoms with E-state index in [1.807, 2.05) is 6.07 Å². The van der Waals surface area contributed by atoms with E-state index in [0.717, 1.165) is 38.3 Å². The Labute approximate surface area is 139 Å². The van der Waals surface area contributed by atoms with E-state index in [1.54, 1.807) is 21.3 Å². The van der Waals surface area contributed by atoms with Crippen LogP contribution < -0.4 is 19.5 Å². The summed E-state index contributed by atoms with van der Waals surface area (Å²) >= 11 is 0. The van der Waals surface area contributed by atoms with E-state index in [0.29, 0.717) is 23.5 Å². The molecule has 5 nitrogen and oxygen atoms in total. The second-order valence-electron chi connectivity index (χ2n) is 6.35. The molecule has 1 heterocycles. The molecule has 1 saturated heterocycles. The zero-order valence-corrected chi connectivity index (χ0v) is 15.0. The van der Waals surface area contributed by atoms with Crippen LogP contribution in [0, 0.1) is 5.92 Å². The monoisotopic (exact) mass is 322 g/mol. The normalized spacial score (nSPS) is 17.1. The van der Waals surface area contributed by atoms with E-state index >= 15 is 0 Å². The fourth-order valence-corrected chi connectivity index (χ4v) is 3.30. The Bertz CT molecular complexity index is 499. The van der Waals surface area contributed by atoms with Gasteiger partial charge < -0.3 is 19.5 Å². The number of rotatable bonds is 7. The van der Waals surface area contributed by atoms with Crippen LogP contribution >= 0.6 is 0 Å². The summed E-state index contributed by atoms with van der Waals surface area (Å²) in [5.74, 6) is 2.77. The third kappa shape index (κ3) is 4.09. The van der Waals surface area contributed by atoms with Gasteiger partial charge in [0.15, 0.2) is 11.5 Å². The van der Waals surface area contributed by atoms with Gasteiger partial charge in [0.25, 0.3) is 0 Å². The van der Waals surface area contributed by atoms with E-state index in [4.69, 9.17) is 14.2 Å². The van der Waals surface area contributed by atoms with Crippen molar-refractivity contribution in [3.63, 3.8) is 0 Å². The molecular weight excluding hydrogens is 292 g/mol. The number of benzene rings is 1. The molecule has 130 valence electrons. The van der Waals surface area contributed by atoms with Crippen LogP contribution in [0.1, 0.15) is 31.9 Å². The van der Waals surface area contributed by atoms with Gasteiger partial charge >= 0.3 is 0 Å². The molecule has 1 aliphatic heterocycles. The average molecular weight is 322 g/mol. The molecule has 1 fully saturated rings. The molecule has 0 bridgehead atoms.